The second-order valence-electron chi connectivity index (χ2n) is 8.14. The first kappa shape index (κ1) is 18.1. The summed E-state index contributed by atoms with van der Waals surface area (Å²) in [5.74, 6) is 0.556. The normalized spacial score (nSPS) is 29.0. The molecule has 132 valence electrons. The van der Waals surface area contributed by atoms with Gasteiger partial charge in [0.2, 0.25) is 5.91 Å². The van der Waals surface area contributed by atoms with Gasteiger partial charge in [-0.3, -0.25) is 4.79 Å². The van der Waals surface area contributed by atoms with Crippen LogP contribution in [0.15, 0.2) is 0 Å². The number of nitrogens with one attached hydrogen (secondary N) is 1. The molecule has 1 saturated carbocycles. The number of hydrogen-bond acceptors (Lipinski definition) is 3. The van der Waals surface area contributed by atoms with Gasteiger partial charge >= 0.3 is 6.09 Å². The third-order valence-corrected chi connectivity index (χ3v) is 4.88. The Morgan fingerprint density at radius 2 is 1.78 bits per heavy atom. The van der Waals surface area contributed by atoms with Crippen LogP contribution in [0.4, 0.5) is 4.79 Å². The Labute approximate surface area is 140 Å². The predicted molar refractivity (Wildman–Crippen MR) is 90.1 cm³/mol. The van der Waals surface area contributed by atoms with Crippen molar-refractivity contribution in [2.45, 2.75) is 77.9 Å². The molecular weight excluding hydrogens is 292 g/mol. The van der Waals surface area contributed by atoms with Gasteiger partial charge in [0.05, 0.1) is 5.92 Å². The molecule has 0 spiro atoms. The molecule has 2 amide bonds. The van der Waals surface area contributed by atoms with Crippen molar-refractivity contribution in [1.29, 1.82) is 0 Å². The molecule has 1 aliphatic carbocycles. The van der Waals surface area contributed by atoms with Crippen molar-refractivity contribution >= 4 is 12.0 Å². The van der Waals surface area contributed by atoms with Gasteiger partial charge in [0.1, 0.15) is 5.60 Å². The molecule has 1 N–H and O–H groups in total. The van der Waals surface area contributed by atoms with Crippen molar-refractivity contribution in [2.24, 2.45) is 11.8 Å². The highest BCUT2D eigenvalue weighted by Crippen LogP contribution is 2.25. The second-order valence-corrected chi connectivity index (χ2v) is 8.14. The van der Waals surface area contributed by atoms with Crippen molar-refractivity contribution in [3.8, 4) is 0 Å². The minimum atomic E-state index is -0.496. The van der Waals surface area contributed by atoms with E-state index < -0.39 is 5.60 Å². The van der Waals surface area contributed by atoms with Crippen LogP contribution in [-0.4, -0.2) is 41.6 Å². The fraction of sp³-hybridized carbons (Fsp3) is 0.889. The lowest BCUT2D eigenvalue weighted by molar-refractivity contribution is -0.127. The number of carbonyl (C=O) groups excluding carboxylic acids is 2. The Kier molecular flexibility index (Phi) is 5.93. The molecule has 1 saturated heterocycles. The summed E-state index contributed by atoms with van der Waals surface area (Å²) in [5, 5.41) is 3.23. The molecule has 0 radical (unpaired) electrons. The lowest BCUT2D eigenvalue weighted by Gasteiger charge is -2.35. The average molecular weight is 324 g/mol. The summed E-state index contributed by atoms with van der Waals surface area (Å²) in [5.41, 5.74) is -0.496. The van der Waals surface area contributed by atoms with Gasteiger partial charge in [-0.05, 0) is 52.4 Å². The first-order valence-corrected chi connectivity index (χ1v) is 9.04. The zero-order valence-electron chi connectivity index (χ0n) is 15.1. The van der Waals surface area contributed by atoms with E-state index in [0.717, 1.165) is 19.3 Å². The summed E-state index contributed by atoms with van der Waals surface area (Å²) in [6.07, 6.45) is 6.15. The van der Waals surface area contributed by atoms with Crippen LogP contribution in [0.3, 0.4) is 0 Å². The lowest BCUT2D eigenvalue weighted by atomic mass is 9.85. The molecule has 0 unspecified atom stereocenters. The fourth-order valence-electron chi connectivity index (χ4n) is 3.51. The summed E-state index contributed by atoms with van der Waals surface area (Å²) in [7, 11) is 0. The zero-order chi connectivity index (χ0) is 17.0. The molecule has 3 atom stereocenters. The molecule has 5 heteroatoms. The molecule has 23 heavy (non-hydrogen) atoms. The number of nitrogens with zero attached hydrogens (tertiary/aromatic N) is 1. The number of likely N-dealkylation sites (tertiary alicyclic amines) is 1. The molecule has 5 nitrogen and oxygen atoms in total. The van der Waals surface area contributed by atoms with Crippen LogP contribution in [-0.2, 0) is 9.53 Å². The Balaban J connectivity index is 1.87. The van der Waals surface area contributed by atoms with Gasteiger partial charge in [0, 0.05) is 19.1 Å². The minimum absolute atomic E-state index is 0.106. The highest BCUT2D eigenvalue weighted by molar-refractivity contribution is 5.80. The number of rotatable bonds is 2. The number of piperidine rings is 1. The number of ether oxygens (including phenoxy) is 1. The number of carbonyl (C=O) groups is 2. The first-order chi connectivity index (χ1) is 10.8. The molecule has 0 bridgehead atoms. The van der Waals surface area contributed by atoms with Gasteiger partial charge in [-0.2, -0.15) is 0 Å². The van der Waals surface area contributed by atoms with Gasteiger partial charge < -0.3 is 15.0 Å². The van der Waals surface area contributed by atoms with E-state index in [2.05, 4.69) is 12.2 Å². The fourth-order valence-corrected chi connectivity index (χ4v) is 3.51. The van der Waals surface area contributed by atoms with Crippen molar-refractivity contribution in [2.75, 3.05) is 13.1 Å². The molecule has 0 aromatic rings. The zero-order valence-corrected chi connectivity index (χ0v) is 15.1. The molecule has 2 aliphatic rings. The molecule has 1 aliphatic heterocycles. The van der Waals surface area contributed by atoms with E-state index in [1.165, 1.54) is 19.3 Å². The summed E-state index contributed by atoms with van der Waals surface area (Å²) in [6, 6.07) is 0.299. The van der Waals surface area contributed by atoms with Crippen LogP contribution in [0.25, 0.3) is 0 Å². The smallest absolute Gasteiger partial charge is 0.410 e. The highest BCUT2D eigenvalue weighted by atomic mass is 16.6. The molecule has 0 aromatic carbocycles. The van der Waals surface area contributed by atoms with Crippen molar-refractivity contribution in [3.63, 3.8) is 0 Å². The van der Waals surface area contributed by atoms with E-state index in [9.17, 15) is 9.59 Å². The number of amides is 2. The van der Waals surface area contributed by atoms with Gasteiger partial charge in [-0.15, -0.1) is 0 Å². The van der Waals surface area contributed by atoms with E-state index in [4.69, 9.17) is 4.74 Å². The van der Waals surface area contributed by atoms with Crippen molar-refractivity contribution < 1.29 is 14.3 Å². The van der Waals surface area contributed by atoms with E-state index in [1.807, 2.05) is 20.8 Å². The Bertz CT molecular complexity index is 430. The summed E-state index contributed by atoms with van der Waals surface area (Å²) >= 11 is 0. The molecule has 1 heterocycles. The topological polar surface area (TPSA) is 58.6 Å². The van der Waals surface area contributed by atoms with Crippen LogP contribution in [0, 0.1) is 11.8 Å². The number of hydrogen-bond donors (Lipinski definition) is 1. The third-order valence-electron chi connectivity index (χ3n) is 4.88. The maximum absolute atomic E-state index is 12.6. The maximum Gasteiger partial charge on any atom is 0.410 e. The SMILES string of the molecule is C[C@@H]1CCCC[C@H]1NC(=O)[C@H]1CCCN(C(=O)OC(C)(C)C)C1. The third kappa shape index (κ3) is 5.40. The van der Waals surface area contributed by atoms with E-state index in [0.29, 0.717) is 25.0 Å². The van der Waals surface area contributed by atoms with Gasteiger partial charge in [0.25, 0.3) is 0 Å². The van der Waals surface area contributed by atoms with Gasteiger partial charge in [0.15, 0.2) is 0 Å². The Hall–Kier alpha value is -1.26. The van der Waals surface area contributed by atoms with E-state index in [1.54, 1.807) is 4.90 Å². The minimum Gasteiger partial charge on any atom is -0.444 e. The lowest BCUT2D eigenvalue weighted by Crippen LogP contribution is -2.50. The van der Waals surface area contributed by atoms with Crippen LogP contribution in [0.1, 0.15) is 66.2 Å². The van der Waals surface area contributed by atoms with Crippen molar-refractivity contribution in [3.05, 3.63) is 0 Å². The molecule has 0 aromatic heterocycles. The van der Waals surface area contributed by atoms with Gasteiger partial charge in [-0.25, -0.2) is 4.79 Å². The second kappa shape index (κ2) is 7.54. The monoisotopic (exact) mass is 324 g/mol. The molecule has 2 fully saturated rings. The molecular formula is C18H32N2O3. The van der Waals surface area contributed by atoms with Crippen LogP contribution < -0.4 is 5.32 Å². The summed E-state index contributed by atoms with van der Waals surface area (Å²) in [6.45, 7) is 8.97. The largest absolute Gasteiger partial charge is 0.444 e. The van der Waals surface area contributed by atoms with E-state index in [-0.39, 0.29) is 17.9 Å². The summed E-state index contributed by atoms with van der Waals surface area (Å²) in [4.78, 5) is 26.5. The highest BCUT2D eigenvalue weighted by Gasteiger charge is 2.32. The Morgan fingerprint density at radius 1 is 1.09 bits per heavy atom. The average Bonchev–Trinajstić information content (AvgIpc) is 2.48. The Morgan fingerprint density at radius 3 is 2.43 bits per heavy atom. The van der Waals surface area contributed by atoms with Crippen LogP contribution in [0.2, 0.25) is 0 Å². The van der Waals surface area contributed by atoms with Crippen LogP contribution in [0.5, 0.6) is 0 Å². The van der Waals surface area contributed by atoms with E-state index >= 15 is 0 Å². The maximum atomic E-state index is 12.6. The summed E-state index contributed by atoms with van der Waals surface area (Å²) < 4.78 is 5.43. The first-order valence-electron chi connectivity index (χ1n) is 9.04. The molecule has 2 rings (SSSR count). The standard InChI is InChI=1S/C18H32N2O3/c1-13-8-5-6-10-15(13)19-16(21)14-9-7-11-20(12-14)17(22)23-18(2,3)4/h13-15H,5-12H2,1-4H3,(H,19,21)/t13-,14+,15-/m1/s1. The van der Waals surface area contributed by atoms with Crippen LogP contribution >= 0.6 is 0 Å². The quantitative estimate of drug-likeness (QED) is 0.847. The predicted octanol–water partition coefficient (Wildman–Crippen LogP) is 3.33. The van der Waals surface area contributed by atoms with Crippen molar-refractivity contribution in [1.82, 2.24) is 10.2 Å². The van der Waals surface area contributed by atoms with Gasteiger partial charge in [-0.1, -0.05) is 19.8 Å².